The zero-order chi connectivity index (χ0) is 15.3. The Hall–Kier alpha value is -0.410. The number of nitrogens with zero attached hydrogens (tertiary/aromatic N) is 1. The van der Waals surface area contributed by atoms with Crippen molar-refractivity contribution in [1.82, 2.24) is 4.98 Å². The molecule has 2 rings (SSSR count). The number of thiazole rings is 1. The quantitative estimate of drug-likeness (QED) is 0.753. The molecule has 2 nitrogen and oxygen atoms in total. The van der Waals surface area contributed by atoms with Gasteiger partial charge in [0.2, 0.25) is 0 Å². The molecule has 0 aliphatic heterocycles. The predicted molar refractivity (Wildman–Crippen MR) is 92.8 cm³/mol. The minimum Gasteiger partial charge on any atom is -0.322 e. The van der Waals surface area contributed by atoms with Gasteiger partial charge in [-0.1, -0.05) is 59.3 Å². The minimum absolute atomic E-state index is 0.0608. The predicted octanol–water partition coefficient (Wildman–Crippen LogP) is 5.41. The Kier molecular flexibility index (Phi) is 6.24. The second-order valence-electron chi connectivity index (χ2n) is 7.59. The molecule has 1 atom stereocenters. The molecule has 0 bridgehead atoms. The van der Waals surface area contributed by atoms with E-state index >= 15 is 0 Å². The molecule has 0 aromatic carbocycles. The Bertz CT molecular complexity index is 401. The van der Waals surface area contributed by atoms with Crippen molar-refractivity contribution in [3.05, 3.63) is 15.6 Å². The second-order valence-corrected chi connectivity index (χ2v) is 8.71. The Balaban J connectivity index is 2.12. The van der Waals surface area contributed by atoms with Crippen molar-refractivity contribution >= 4 is 11.3 Å². The number of aryl methyl sites for hydroxylation is 2. The highest BCUT2D eigenvalue weighted by atomic mass is 32.1. The largest absolute Gasteiger partial charge is 0.322 e. The van der Waals surface area contributed by atoms with Crippen LogP contribution in [-0.2, 0) is 12.8 Å². The molecule has 120 valence electrons. The van der Waals surface area contributed by atoms with Crippen molar-refractivity contribution in [2.24, 2.45) is 11.1 Å². The summed E-state index contributed by atoms with van der Waals surface area (Å²) in [5.74, 6) is 0. The lowest BCUT2D eigenvalue weighted by molar-refractivity contribution is 0.326. The first kappa shape index (κ1) is 17.0. The summed E-state index contributed by atoms with van der Waals surface area (Å²) in [6, 6.07) is 0.0608. The van der Waals surface area contributed by atoms with Crippen LogP contribution < -0.4 is 5.73 Å². The SMILES string of the molecule is CC(C)(C)C(N)c1nc2c(s1)CCCCCCCCCC2. The summed E-state index contributed by atoms with van der Waals surface area (Å²) in [5, 5.41) is 1.15. The van der Waals surface area contributed by atoms with Gasteiger partial charge in [-0.05, 0) is 31.1 Å². The summed E-state index contributed by atoms with van der Waals surface area (Å²) in [6.45, 7) is 6.63. The molecule has 1 aromatic heterocycles. The number of hydrogen-bond acceptors (Lipinski definition) is 3. The average Bonchev–Trinajstić information content (AvgIpc) is 2.80. The molecule has 3 heteroatoms. The first-order valence-corrected chi connectivity index (χ1v) is 9.54. The lowest BCUT2D eigenvalue weighted by Gasteiger charge is -2.24. The molecule has 0 amide bonds. The zero-order valence-corrected chi connectivity index (χ0v) is 14.9. The fourth-order valence-electron chi connectivity index (χ4n) is 2.94. The topological polar surface area (TPSA) is 38.9 Å². The molecule has 0 fully saturated rings. The molecular weight excluding hydrogens is 276 g/mol. The van der Waals surface area contributed by atoms with Crippen molar-refractivity contribution in [3.8, 4) is 0 Å². The number of rotatable bonds is 1. The molecule has 0 saturated carbocycles. The summed E-state index contributed by atoms with van der Waals surface area (Å²) in [7, 11) is 0. The van der Waals surface area contributed by atoms with Crippen molar-refractivity contribution in [1.29, 1.82) is 0 Å². The van der Waals surface area contributed by atoms with E-state index in [1.165, 1.54) is 68.4 Å². The molecule has 2 N–H and O–H groups in total. The van der Waals surface area contributed by atoms with Crippen LogP contribution in [0.5, 0.6) is 0 Å². The molecule has 1 aliphatic rings. The van der Waals surface area contributed by atoms with Crippen molar-refractivity contribution < 1.29 is 0 Å². The molecule has 0 radical (unpaired) electrons. The lowest BCUT2D eigenvalue weighted by atomic mass is 9.88. The van der Waals surface area contributed by atoms with Gasteiger partial charge >= 0.3 is 0 Å². The molecule has 1 heterocycles. The van der Waals surface area contributed by atoms with E-state index in [4.69, 9.17) is 10.7 Å². The number of fused-ring (bicyclic) bond motifs is 1. The maximum absolute atomic E-state index is 6.42. The maximum atomic E-state index is 6.42. The van der Waals surface area contributed by atoms with Gasteiger partial charge < -0.3 is 5.73 Å². The summed E-state index contributed by atoms with van der Waals surface area (Å²) >= 11 is 1.88. The first-order valence-electron chi connectivity index (χ1n) is 8.72. The third-order valence-corrected chi connectivity index (χ3v) is 5.80. The van der Waals surface area contributed by atoms with Crippen molar-refractivity contribution in [2.75, 3.05) is 0 Å². The van der Waals surface area contributed by atoms with Gasteiger partial charge in [-0.25, -0.2) is 4.98 Å². The monoisotopic (exact) mass is 308 g/mol. The molecule has 1 unspecified atom stereocenters. The van der Waals surface area contributed by atoms with E-state index in [9.17, 15) is 0 Å². The highest BCUT2D eigenvalue weighted by molar-refractivity contribution is 7.11. The van der Waals surface area contributed by atoms with Gasteiger partial charge in [-0.15, -0.1) is 11.3 Å². The number of nitrogens with two attached hydrogens (primary N) is 1. The van der Waals surface area contributed by atoms with Gasteiger partial charge in [0.25, 0.3) is 0 Å². The van der Waals surface area contributed by atoms with Crippen LogP contribution in [0.25, 0.3) is 0 Å². The minimum atomic E-state index is 0.0608. The summed E-state index contributed by atoms with van der Waals surface area (Å²) in [5.41, 5.74) is 7.87. The van der Waals surface area contributed by atoms with Gasteiger partial charge in [-0.2, -0.15) is 0 Å². The van der Waals surface area contributed by atoms with Crippen LogP contribution in [0.3, 0.4) is 0 Å². The van der Waals surface area contributed by atoms with Crippen LogP contribution >= 0.6 is 11.3 Å². The molecule has 21 heavy (non-hydrogen) atoms. The van der Waals surface area contributed by atoms with Crippen LogP contribution in [0.2, 0.25) is 0 Å². The van der Waals surface area contributed by atoms with Gasteiger partial charge in [0.1, 0.15) is 5.01 Å². The van der Waals surface area contributed by atoms with E-state index in [2.05, 4.69) is 20.8 Å². The van der Waals surface area contributed by atoms with Crippen LogP contribution in [0, 0.1) is 5.41 Å². The van der Waals surface area contributed by atoms with Crippen molar-refractivity contribution in [3.63, 3.8) is 0 Å². The molecule has 0 saturated heterocycles. The first-order chi connectivity index (χ1) is 9.98. The Morgan fingerprint density at radius 2 is 1.43 bits per heavy atom. The smallest absolute Gasteiger partial charge is 0.110 e. The molecule has 1 aliphatic carbocycles. The third-order valence-electron chi connectivity index (χ3n) is 4.56. The fourth-order valence-corrected chi connectivity index (χ4v) is 4.34. The summed E-state index contributed by atoms with van der Waals surface area (Å²) in [4.78, 5) is 6.46. The van der Waals surface area contributed by atoms with E-state index in [-0.39, 0.29) is 11.5 Å². The molecule has 0 spiro atoms. The fraction of sp³-hybridized carbons (Fsp3) is 0.833. The van der Waals surface area contributed by atoms with E-state index in [0.717, 1.165) is 11.4 Å². The number of hydrogen-bond donors (Lipinski definition) is 1. The zero-order valence-electron chi connectivity index (χ0n) is 14.1. The van der Waals surface area contributed by atoms with Gasteiger partial charge in [0, 0.05) is 4.88 Å². The summed E-state index contributed by atoms with van der Waals surface area (Å²) in [6.07, 6.45) is 13.4. The van der Waals surface area contributed by atoms with Crippen LogP contribution in [0.4, 0.5) is 0 Å². The Labute approximate surface area is 134 Å². The second kappa shape index (κ2) is 7.73. The van der Waals surface area contributed by atoms with Gasteiger partial charge in [0.05, 0.1) is 11.7 Å². The van der Waals surface area contributed by atoms with Crippen LogP contribution in [0.1, 0.15) is 93.8 Å². The number of aromatic nitrogens is 1. The third kappa shape index (κ3) is 5.07. The average molecular weight is 309 g/mol. The highest BCUT2D eigenvalue weighted by Gasteiger charge is 2.26. The standard InChI is InChI=1S/C18H32N2S/c1-18(2,3)16(19)17-20-14-12-10-8-6-4-5-7-9-11-13-15(14)21-17/h16H,4-13,19H2,1-3H3. The lowest BCUT2D eigenvalue weighted by Crippen LogP contribution is -2.26. The Morgan fingerprint density at radius 3 is 2.00 bits per heavy atom. The summed E-state index contributed by atoms with van der Waals surface area (Å²) < 4.78 is 0. The van der Waals surface area contributed by atoms with E-state index in [1.54, 1.807) is 0 Å². The molecule has 1 aromatic rings. The maximum Gasteiger partial charge on any atom is 0.110 e. The normalized spacial score (nSPS) is 20.2. The van der Waals surface area contributed by atoms with Gasteiger partial charge in [-0.3, -0.25) is 0 Å². The highest BCUT2D eigenvalue weighted by Crippen LogP contribution is 2.35. The van der Waals surface area contributed by atoms with E-state index in [0.29, 0.717) is 0 Å². The van der Waals surface area contributed by atoms with Crippen LogP contribution in [0.15, 0.2) is 0 Å². The van der Waals surface area contributed by atoms with Crippen LogP contribution in [-0.4, -0.2) is 4.98 Å². The van der Waals surface area contributed by atoms with E-state index in [1.807, 2.05) is 11.3 Å². The molecular formula is C18H32N2S. The van der Waals surface area contributed by atoms with E-state index < -0.39 is 0 Å². The Morgan fingerprint density at radius 1 is 0.905 bits per heavy atom. The van der Waals surface area contributed by atoms with Crippen molar-refractivity contribution in [2.45, 2.75) is 91.0 Å². The van der Waals surface area contributed by atoms with Gasteiger partial charge in [0.15, 0.2) is 0 Å².